The first-order chi connectivity index (χ1) is 19.4. The van der Waals surface area contributed by atoms with Crippen LogP contribution in [0.15, 0.2) is 30.5 Å². The molecule has 0 saturated carbocycles. The number of pyridine rings is 2. The van der Waals surface area contributed by atoms with Gasteiger partial charge in [-0.05, 0) is 77.4 Å². The number of ether oxygens (including phenoxy) is 1. The maximum atomic E-state index is 13.8. The number of likely N-dealkylation sites (N-methyl/N-ethyl adjacent to an activating group) is 1. The zero-order valence-electron chi connectivity index (χ0n) is 24.3. The summed E-state index contributed by atoms with van der Waals surface area (Å²) in [7, 11) is 2.07. The molecule has 5 heterocycles. The molecular formula is C30H43N7O3. The Kier molecular flexibility index (Phi) is 8.73. The molecule has 2 aromatic heterocycles. The molecule has 0 bridgehead atoms. The molecule has 3 atom stereocenters. The normalized spacial score (nSPS) is 23.5. The van der Waals surface area contributed by atoms with E-state index in [4.69, 9.17) is 9.72 Å². The molecule has 10 nitrogen and oxygen atoms in total. The number of aromatic nitrogens is 2. The van der Waals surface area contributed by atoms with Crippen LogP contribution in [0.25, 0.3) is 11.3 Å². The van der Waals surface area contributed by atoms with E-state index in [-0.39, 0.29) is 24.0 Å². The molecule has 2 aromatic rings. The summed E-state index contributed by atoms with van der Waals surface area (Å²) >= 11 is 0. The third kappa shape index (κ3) is 5.87. The smallest absolute Gasteiger partial charge is 0.320 e. The highest BCUT2D eigenvalue weighted by molar-refractivity contribution is 5.99. The van der Waals surface area contributed by atoms with Crippen LogP contribution >= 0.6 is 0 Å². The molecule has 1 N–H and O–H groups in total. The van der Waals surface area contributed by atoms with Crippen molar-refractivity contribution in [3.63, 3.8) is 0 Å². The zero-order chi connectivity index (χ0) is 28.2. The van der Waals surface area contributed by atoms with Crippen LogP contribution in [0.5, 0.6) is 5.88 Å². The number of piperazine rings is 1. The van der Waals surface area contributed by atoms with Crippen molar-refractivity contribution in [1.82, 2.24) is 30.0 Å². The quantitative estimate of drug-likeness (QED) is 0.565. The molecule has 3 amide bonds. The van der Waals surface area contributed by atoms with Crippen molar-refractivity contribution in [2.45, 2.75) is 64.6 Å². The summed E-state index contributed by atoms with van der Waals surface area (Å²) < 4.78 is 5.77. The van der Waals surface area contributed by atoms with Gasteiger partial charge in [-0.3, -0.25) is 4.79 Å². The predicted molar refractivity (Wildman–Crippen MR) is 156 cm³/mol. The lowest BCUT2D eigenvalue weighted by Crippen LogP contribution is -2.58. The maximum absolute atomic E-state index is 13.8. The fraction of sp³-hybridized carbons (Fsp3) is 0.600. The van der Waals surface area contributed by atoms with Crippen LogP contribution in [0.1, 0.15) is 56.9 Å². The molecule has 0 spiro atoms. The van der Waals surface area contributed by atoms with Gasteiger partial charge in [0.1, 0.15) is 0 Å². The van der Waals surface area contributed by atoms with Gasteiger partial charge in [-0.15, -0.1) is 0 Å². The second-order valence-electron chi connectivity index (χ2n) is 11.2. The van der Waals surface area contributed by atoms with Gasteiger partial charge in [0.15, 0.2) is 5.69 Å². The van der Waals surface area contributed by atoms with E-state index in [9.17, 15) is 9.59 Å². The third-order valence-electron chi connectivity index (χ3n) is 8.48. The molecule has 0 aliphatic carbocycles. The highest BCUT2D eigenvalue weighted by Gasteiger charge is 2.36. The number of hydrogen-bond acceptors (Lipinski definition) is 7. The minimum atomic E-state index is -0.168. The van der Waals surface area contributed by atoms with E-state index < -0.39 is 0 Å². The van der Waals surface area contributed by atoms with E-state index in [0.717, 1.165) is 56.6 Å². The lowest BCUT2D eigenvalue weighted by molar-refractivity contribution is 0.0933. The highest BCUT2D eigenvalue weighted by Crippen LogP contribution is 2.32. The number of anilines is 1. The van der Waals surface area contributed by atoms with Gasteiger partial charge in [0, 0.05) is 57.0 Å². The summed E-state index contributed by atoms with van der Waals surface area (Å²) in [6.07, 6.45) is 5.61. The van der Waals surface area contributed by atoms with Crippen LogP contribution in [0.3, 0.4) is 0 Å². The van der Waals surface area contributed by atoms with E-state index in [2.05, 4.69) is 41.0 Å². The van der Waals surface area contributed by atoms with Crippen molar-refractivity contribution >= 4 is 17.6 Å². The lowest BCUT2D eigenvalue weighted by Gasteiger charge is -2.44. The van der Waals surface area contributed by atoms with Crippen molar-refractivity contribution in [3.05, 3.63) is 36.2 Å². The second-order valence-corrected chi connectivity index (χ2v) is 11.2. The SMILES string of the molecule is CCOc1ncccc1-c1ccc(N2CCN(C(=O)N3CCC[C@H]3C)C[C@H]2CC)c(C(=O)NC2CCN(C)C2)n1. The monoisotopic (exact) mass is 549 g/mol. The first-order valence-electron chi connectivity index (χ1n) is 14.8. The van der Waals surface area contributed by atoms with Crippen molar-refractivity contribution in [1.29, 1.82) is 0 Å². The number of carbonyl (C=O) groups is 2. The van der Waals surface area contributed by atoms with Crippen LogP contribution in [0, 0.1) is 0 Å². The average Bonchev–Trinajstić information content (AvgIpc) is 3.59. The van der Waals surface area contributed by atoms with Crippen molar-refractivity contribution in [2.75, 3.05) is 57.8 Å². The lowest BCUT2D eigenvalue weighted by atomic mass is 10.1. The highest BCUT2D eigenvalue weighted by atomic mass is 16.5. The van der Waals surface area contributed by atoms with Gasteiger partial charge in [0.05, 0.1) is 23.6 Å². The Morgan fingerprint density at radius 3 is 2.62 bits per heavy atom. The first kappa shape index (κ1) is 28.1. The fourth-order valence-electron chi connectivity index (χ4n) is 6.24. The minimum absolute atomic E-state index is 0.0878. The van der Waals surface area contributed by atoms with Crippen molar-refractivity contribution in [2.24, 2.45) is 0 Å². The molecule has 0 aromatic carbocycles. The van der Waals surface area contributed by atoms with E-state index in [0.29, 0.717) is 49.6 Å². The van der Waals surface area contributed by atoms with E-state index in [1.54, 1.807) is 6.20 Å². The van der Waals surface area contributed by atoms with Gasteiger partial charge in [0.25, 0.3) is 5.91 Å². The van der Waals surface area contributed by atoms with E-state index >= 15 is 0 Å². The Hall–Kier alpha value is -3.40. The summed E-state index contributed by atoms with van der Waals surface area (Å²) in [6.45, 7) is 11.2. The van der Waals surface area contributed by atoms with Gasteiger partial charge in [-0.25, -0.2) is 14.8 Å². The predicted octanol–water partition coefficient (Wildman–Crippen LogP) is 3.48. The molecular weight excluding hydrogens is 506 g/mol. The zero-order valence-corrected chi connectivity index (χ0v) is 24.3. The maximum Gasteiger partial charge on any atom is 0.320 e. The number of carbonyl (C=O) groups excluding carboxylic acids is 2. The molecule has 3 saturated heterocycles. The number of hydrogen-bond donors (Lipinski definition) is 1. The molecule has 3 aliphatic heterocycles. The number of likely N-dealkylation sites (tertiary alicyclic amines) is 2. The Morgan fingerprint density at radius 2 is 1.93 bits per heavy atom. The summed E-state index contributed by atoms with van der Waals surface area (Å²) in [5.74, 6) is 0.335. The Labute approximate surface area is 237 Å². The van der Waals surface area contributed by atoms with Crippen molar-refractivity contribution < 1.29 is 14.3 Å². The standard InChI is InChI=1S/C30H43N7O3/c1-5-23-20-35(30(39)36-15-8-9-21(36)3)17-18-37(23)26-12-11-25(24-10-7-14-31-29(24)40-6-2)33-27(26)28(38)32-22-13-16-34(4)19-22/h7,10-12,14,21-23H,5-6,8-9,13,15-20H2,1-4H3,(H,32,38)/t21-,22?,23-/m1/s1. The largest absolute Gasteiger partial charge is 0.477 e. The molecule has 1 unspecified atom stereocenters. The van der Waals surface area contributed by atoms with Crippen LogP contribution < -0.4 is 15.0 Å². The average molecular weight is 550 g/mol. The molecule has 0 radical (unpaired) electrons. The number of amides is 3. The first-order valence-corrected chi connectivity index (χ1v) is 14.8. The van der Waals surface area contributed by atoms with Gasteiger partial charge in [0.2, 0.25) is 5.88 Å². The van der Waals surface area contributed by atoms with Gasteiger partial charge < -0.3 is 29.7 Å². The number of urea groups is 1. The number of nitrogens with one attached hydrogen (secondary N) is 1. The molecule has 3 fully saturated rings. The van der Waals surface area contributed by atoms with E-state index in [1.807, 2.05) is 41.0 Å². The Bertz CT molecular complexity index is 1210. The molecule has 3 aliphatic rings. The van der Waals surface area contributed by atoms with E-state index in [1.165, 1.54) is 0 Å². The molecule has 5 rings (SSSR count). The topological polar surface area (TPSA) is 94.1 Å². The number of nitrogens with zero attached hydrogens (tertiary/aromatic N) is 6. The summed E-state index contributed by atoms with van der Waals surface area (Å²) in [6, 6.07) is 8.34. The minimum Gasteiger partial charge on any atom is -0.477 e. The summed E-state index contributed by atoms with van der Waals surface area (Å²) in [5, 5.41) is 3.24. The molecule has 40 heavy (non-hydrogen) atoms. The van der Waals surface area contributed by atoms with Gasteiger partial charge in [-0.2, -0.15) is 0 Å². The molecule has 216 valence electrons. The summed E-state index contributed by atoms with van der Waals surface area (Å²) in [5.41, 5.74) is 2.62. The summed E-state index contributed by atoms with van der Waals surface area (Å²) in [4.78, 5) is 45.0. The second kappa shape index (κ2) is 12.4. The van der Waals surface area contributed by atoms with Crippen LogP contribution in [0.2, 0.25) is 0 Å². The van der Waals surface area contributed by atoms with Crippen LogP contribution in [-0.4, -0.2) is 108 Å². The molecule has 10 heteroatoms. The Morgan fingerprint density at radius 1 is 1.07 bits per heavy atom. The fourth-order valence-corrected chi connectivity index (χ4v) is 6.24. The van der Waals surface area contributed by atoms with Crippen LogP contribution in [-0.2, 0) is 0 Å². The van der Waals surface area contributed by atoms with Gasteiger partial charge in [-0.1, -0.05) is 6.92 Å². The van der Waals surface area contributed by atoms with Crippen molar-refractivity contribution in [3.8, 4) is 17.1 Å². The third-order valence-corrected chi connectivity index (χ3v) is 8.48. The van der Waals surface area contributed by atoms with Gasteiger partial charge >= 0.3 is 6.03 Å². The number of rotatable bonds is 7. The Balaban J connectivity index is 1.45. The van der Waals surface area contributed by atoms with Crippen LogP contribution in [0.4, 0.5) is 10.5 Å².